The van der Waals surface area contributed by atoms with E-state index in [1.807, 2.05) is 0 Å². The summed E-state index contributed by atoms with van der Waals surface area (Å²) in [7, 11) is 0. The number of hydrogen-bond acceptors (Lipinski definition) is 11. The Morgan fingerprint density at radius 1 is 0.900 bits per heavy atom. The van der Waals surface area contributed by atoms with Crippen molar-refractivity contribution < 1.29 is 55.1 Å². The number of aliphatic hydroxyl groups excluding tert-OH is 4. The highest BCUT2D eigenvalue weighted by Crippen LogP contribution is 2.37. The molecule has 0 spiro atoms. The van der Waals surface area contributed by atoms with E-state index in [1.54, 1.807) is 0 Å². The van der Waals surface area contributed by atoms with Gasteiger partial charge in [0.1, 0.15) is 47.2 Å². The summed E-state index contributed by atoms with van der Waals surface area (Å²) in [6.07, 6.45) is -8.15. The van der Waals surface area contributed by atoms with Gasteiger partial charge in [0.05, 0.1) is 6.61 Å². The van der Waals surface area contributed by atoms with Crippen LogP contribution in [0.15, 0.2) is 30.3 Å². The van der Waals surface area contributed by atoms with Crippen molar-refractivity contribution in [3.63, 3.8) is 0 Å². The lowest BCUT2D eigenvalue weighted by Crippen LogP contribution is -2.60. The number of aromatic hydroxyl groups is 4. The van der Waals surface area contributed by atoms with Crippen molar-refractivity contribution in [2.75, 3.05) is 6.61 Å². The van der Waals surface area contributed by atoms with Crippen LogP contribution in [0.4, 0.5) is 0 Å². The number of aliphatic hydroxyl groups is 4. The second-order valence-corrected chi connectivity index (χ2v) is 6.69. The Kier molecular flexibility index (Phi) is 6.01. The molecular weight excluding hydrogens is 404 g/mol. The first kappa shape index (κ1) is 21.6. The van der Waals surface area contributed by atoms with Gasteiger partial charge >= 0.3 is 0 Å². The minimum absolute atomic E-state index is 0.148. The monoisotopic (exact) mass is 424 g/mol. The molecule has 30 heavy (non-hydrogen) atoms. The van der Waals surface area contributed by atoms with Crippen molar-refractivity contribution in [2.24, 2.45) is 0 Å². The average molecular weight is 424 g/mol. The number of phenols is 4. The molecule has 2 aromatic carbocycles. The fourth-order valence-corrected chi connectivity index (χ4v) is 3.01. The van der Waals surface area contributed by atoms with Crippen LogP contribution in [-0.2, 0) is 4.74 Å². The largest absolute Gasteiger partial charge is 0.508 e. The van der Waals surface area contributed by atoms with Crippen LogP contribution < -0.4 is 4.74 Å². The number of ketones is 1. The van der Waals surface area contributed by atoms with Crippen LogP contribution in [0, 0.1) is 0 Å². The summed E-state index contributed by atoms with van der Waals surface area (Å²) >= 11 is 0. The number of carbonyl (C=O) groups is 1. The molecule has 3 rings (SSSR count). The van der Waals surface area contributed by atoms with Gasteiger partial charge in [0.25, 0.3) is 0 Å². The van der Waals surface area contributed by atoms with Gasteiger partial charge in [0.15, 0.2) is 11.5 Å². The van der Waals surface area contributed by atoms with Gasteiger partial charge in [-0.3, -0.25) is 4.79 Å². The van der Waals surface area contributed by atoms with Crippen molar-refractivity contribution in [3.05, 3.63) is 41.5 Å². The minimum Gasteiger partial charge on any atom is -0.508 e. The number of ether oxygens (including phenoxy) is 2. The smallest absolute Gasteiger partial charge is 0.229 e. The lowest BCUT2D eigenvalue weighted by molar-refractivity contribution is -0.277. The Bertz CT molecular complexity index is 942. The third-order valence-electron chi connectivity index (χ3n) is 4.62. The Morgan fingerprint density at radius 3 is 2.23 bits per heavy atom. The summed E-state index contributed by atoms with van der Waals surface area (Å²) in [5.41, 5.74) is -0.625. The van der Waals surface area contributed by atoms with Gasteiger partial charge in [-0.2, -0.15) is 0 Å². The zero-order valence-corrected chi connectivity index (χ0v) is 15.3. The molecule has 0 radical (unpaired) electrons. The van der Waals surface area contributed by atoms with E-state index in [0.29, 0.717) is 0 Å². The summed E-state index contributed by atoms with van der Waals surface area (Å²) in [4.78, 5) is 12.9. The molecule has 0 bridgehead atoms. The predicted molar refractivity (Wildman–Crippen MR) is 97.4 cm³/mol. The summed E-state index contributed by atoms with van der Waals surface area (Å²) in [5, 5.41) is 78.1. The van der Waals surface area contributed by atoms with Crippen LogP contribution in [0.3, 0.4) is 0 Å². The zero-order chi connectivity index (χ0) is 22.2. The fraction of sp³-hybridized carbons (Fsp3) is 0.316. The van der Waals surface area contributed by atoms with Gasteiger partial charge in [0.2, 0.25) is 12.1 Å². The molecule has 0 aromatic heterocycles. The average Bonchev–Trinajstić information content (AvgIpc) is 2.69. The first-order valence-corrected chi connectivity index (χ1v) is 8.73. The quantitative estimate of drug-likeness (QED) is 0.215. The van der Waals surface area contributed by atoms with Crippen LogP contribution in [0.25, 0.3) is 0 Å². The summed E-state index contributed by atoms with van der Waals surface area (Å²) in [5.74, 6) is -3.59. The molecule has 1 saturated heterocycles. The van der Waals surface area contributed by atoms with E-state index < -0.39 is 77.4 Å². The summed E-state index contributed by atoms with van der Waals surface area (Å²) in [6.45, 7) is -0.714. The maximum absolute atomic E-state index is 12.9. The molecule has 8 N–H and O–H groups in total. The number of carbonyl (C=O) groups excluding carboxylic acids is 1. The molecule has 1 aliphatic rings. The van der Waals surface area contributed by atoms with Crippen molar-refractivity contribution in [3.8, 4) is 28.7 Å². The van der Waals surface area contributed by atoms with Crippen molar-refractivity contribution in [1.82, 2.24) is 0 Å². The number of rotatable bonds is 5. The highest BCUT2D eigenvalue weighted by atomic mass is 16.7. The third kappa shape index (κ3) is 3.97. The predicted octanol–water partition coefficient (Wildman–Crippen LogP) is -1.08. The van der Waals surface area contributed by atoms with E-state index in [4.69, 9.17) is 9.47 Å². The van der Waals surface area contributed by atoms with E-state index in [-0.39, 0.29) is 5.56 Å². The molecule has 162 valence electrons. The molecule has 11 heteroatoms. The Balaban J connectivity index is 1.99. The Labute approximate surface area is 169 Å². The second kappa shape index (κ2) is 8.34. The summed E-state index contributed by atoms with van der Waals surface area (Å²) < 4.78 is 10.6. The molecule has 0 amide bonds. The molecule has 1 aliphatic heterocycles. The topological polar surface area (TPSA) is 197 Å². The fourth-order valence-electron chi connectivity index (χ4n) is 3.01. The van der Waals surface area contributed by atoms with E-state index in [1.165, 1.54) is 6.07 Å². The van der Waals surface area contributed by atoms with E-state index in [0.717, 1.165) is 24.3 Å². The van der Waals surface area contributed by atoms with Gasteiger partial charge in [-0.05, 0) is 18.2 Å². The van der Waals surface area contributed by atoms with E-state index in [9.17, 15) is 45.6 Å². The van der Waals surface area contributed by atoms with E-state index in [2.05, 4.69) is 0 Å². The normalized spacial score (nSPS) is 26.3. The molecule has 5 atom stereocenters. The van der Waals surface area contributed by atoms with Crippen molar-refractivity contribution in [2.45, 2.75) is 30.7 Å². The Hall–Kier alpha value is -3.09. The molecular formula is C19H20O11. The molecule has 0 unspecified atom stereocenters. The van der Waals surface area contributed by atoms with Gasteiger partial charge in [0, 0.05) is 17.7 Å². The van der Waals surface area contributed by atoms with E-state index >= 15 is 0 Å². The lowest BCUT2D eigenvalue weighted by Gasteiger charge is -2.39. The van der Waals surface area contributed by atoms with Crippen LogP contribution in [0.5, 0.6) is 28.7 Å². The highest BCUT2D eigenvalue weighted by molar-refractivity contribution is 6.12. The maximum Gasteiger partial charge on any atom is 0.229 e. The lowest BCUT2D eigenvalue weighted by atomic mass is 9.98. The molecule has 1 heterocycles. The zero-order valence-electron chi connectivity index (χ0n) is 15.3. The molecule has 2 aromatic rings. The number of phenolic OH excluding ortho intramolecular Hbond substituents is 4. The van der Waals surface area contributed by atoms with Crippen LogP contribution in [0.1, 0.15) is 15.9 Å². The number of hydrogen-bond donors (Lipinski definition) is 8. The minimum atomic E-state index is -1.80. The van der Waals surface area contributed by atoms with Crippen LogP contribution in [-0.4, -0.2) is 83.9 Å². The van der Waals surface area contributed by atoms with Crippen LogP contribution in [0.2, 0.25) is 0 Å². The first-order chi connectivity index (χ1) is 14.1. The number of benzene rings is 2. The molecule has 0 aliphatic carbocycles. The van der Waals surface area contributed by atoms with Crippen molar-refractivity contribution in [1.29, 1.82) is 0 Å². The van der Waals surface area contributed by atoms with Gasteiger partial charge in [-0.1, -0.05) is 0 Å². The van der Waals surface area contributed by atoms with Crippen LogP contribution >= 0.6 is 0 Å². The standard InChI is InChI=1S/C19H20O11/c20-6-13-16(26)17(27)18(28)19(30-13)29-12-5-8(21)4-11(24)14(12)15(25)7-1-2-9(22)10(23)3-7/h1-5,13,16-24,26-28H,6H2/t13-,16-,17+,18-,19-/m1/s1. The molecule has 1 fully saturated rings. The maximum atomic E-state index is 12.9. The Morgan fingerprint density at radius 2 is 1.60 bits per heavy atom. The molecule has 11 nitrogen and oxygen atoms in total. The van der Waals surface area contributed by atoms with Gasteiger partial charge < -0.3 is 50.3 Å². The first-order valence-electron chi connectivity index (χ1n) is 8.73. The van der Waals surface area contributed by atoms with Crippen molar-refractivity contribution >= 4 is 5.78 Å². The second-order valence-electron chi connectivity index (χ2n) is 6.69. The van der Waals surface area contributed by atoms with Gasteiger partial charge in [-0.25, -0.2) is 0 Å². The van der Waals surface area contributed by atoms with Gasteiger partial charge in [-0.15, -0.1) is 0 Å². The SMILES string of the molecule is O=C(c1ccc(O)c(O)c1)c1c(O)cc(O)cc1O[C@@H]1O[C@H](CO)[C@@H](O)[C@H](O)[C@H]1O. The summed E-state index contributed by atoms with van der Waals surface area (Å²) in [6, 6.07) is 4.96. The third-order valence-corrected chi connectivity index (χ3v) is 4.62. The highest BCUT2D eigenvalue weighted by Gasteiger charge is 2.45. The molecule has 0 saturated carbocycles.